The molecule has 0 radical (unpaired) electrons. The second-order valence-electron chi connectivity index (χ2n) is 7.97. The molecule has 3 heterocycles. The molecule has 2 atom stereocenters. The van der Waals surface area contributed by atoms with E-state index >= 15 is 0 Å². The maximum Gasteiger partial charge on any atom is 0.316 e. The molecule has 1 aromatic carbocycles. The van der Waals surface area contributed by atoms with Crippen LogP contribution in [0.15, 0.2) is 24.3 Å². The van der Waals surface area contributed by atoms with Gasteiger partial charge >= 0.3 is 6.03 Å². The number of aromatic nitrogens is 2. The summed E-state index contributed by atoms with van der Waals surface area (Å²) in [7, 11) is 0. The van der Waals surface area contributed by atoms with Gasteiger partial charge in [0, 0.05) is 35.9 Å². The molecular formula is C22H30N6O2. The van der Waals surface area contributed by atoms with Gasteiger partial charge in [0.1, 0.15) is 5.82 Å². The summed E-state index contributed by atoms with van der Waals surface area (Å²) in [5.41, 5.74) is 9.15. The van der Waals surface area contributed by atoms with Crippen LogP contribution >= 0.6 is 0 Å². The zero-order valence-electron chi connectivity index (χ0n) is 17.9. The standard InChI is InChI=1S/C22H30N6O2/c1-4-27-10-9-18-19(15(27)3)25-20(16-5-7-17(8-6-16)24-22(23)29)26-21(18)28-11-12-30-13-14(28)2/h5-8,14-15H,4,9-13H2,1-3H3,(H3,23,24,29)/t14-,15-/m0/s1. The van der Waals surface area contributed by atoms with Crippen LogP contribution < -0.4 is 16.0 Å². The van der Waals surface area contributed by atoms with Crippen LogP contribution in [0.3, 0.4) is 0 Å². The highest BCUT2D eigenvalue weighted by Gasteiger charge is 2.31. The Balaban J connectivity index is 1.78. The van der Waals surface area contributed by atoms with Gasteiger partial charge in [0.15, 0.2) is 5.82 Å². The number of carbonyl (C=O) groups excluding carboxylic acids is 1. The van der Waals surface area contributed by atoms with Gasteiger partial charge in [-0.05, 0) is 51.1 Å². The number of carbonyl (C=O) groups is 1. The quantitative estimate of drug-likeness (QED) is 0.805. The number of ether oxygens (including phenoxy) is 1. The Kier molecular flexibility index (Phi) is 5.87. The summed E-state index contributed by atoms with van der Waals surface area (Å²) in [6.45, 7) is 10.9. The maximum atomic E-state index is 11.1. The monoisotopic (exact) mass is 410 g/mol. The number of rotatable bonds is 4. The first-order valence-electron chi connectivity index (χ1n) is 10.6. The number of primary amides is 1. The Hall–Kier alpha value is -2.71. The van der Waals surface area contributed by atoms with Crippen molar-refractivity contribution in [3.8, 4) is 11.4 Å². The number of nitrogens with zero attached hydrogens (tertiary/aromatic N) is 4. The number of nitrogens with two attached hydrogens (primary N) is 1. The number of morpholine rings is 1. The normalized spacial score (nSPS) is 21.9. The van der Waals surface area contributed by atoms with E-state index in [-0.39, 0.29) is 12.1 Å². The lowest BCUT2D eigenvalue weighted by Gasteiger charge is -2.39. The first kappa shape index (κ1) is 20.6. The van der Waals surface area contributed by atoms with E-state index < -0.39 is 6.03 Å². The molecule has 2 aliphatic heterocycles. The van der Waals surface area contributed by atoms with E-state index in [0.717, 1.165) is 43.1 Å². The van der Waals surface area contributed by atoms with Crippen LogP contribution in [0.2, 0.25) is 0 Å². The van der Waals surface area contributed by atoms with E-state index in [1.54, 1.807) is 0 Å². The summed E-state index contributed by atoms with van der Waals surface area (Å²) in [5.74, 6) is 1.74. The van der Waals surface area contributed by atoms with Gasteiger partial charge < -0.3 is 20.7 Å². The Labute approximate surface area is 177 Å². The van der Waals surface area contributed by atoms with E-state index in [9.17, 15) is 4.79 Å². The number of nitrogens with one attached hydrogen (secondary N) is 1. The predicted octanol–water partition coefficient (Wildman–Crippen LogP) is 2.80. The zero-order chi connectivity index (χ0) is 21.3. The molecule has 1 fully saturated rings. The van der Waals surface area contributed by atoms with Gasteiger partial charge in [-0.25, -0.2) is 14.8 Å². The highest BCUT2D eigenvalue weighted by Crippen LogP contribution is 2.36. The largest absolute Gasteiger partial charge is 0.377 e. The van der Waals surface area contributed by atoms with Crippen LogP contribution in [0, 0.1) is 0 Å². The maximum absolute atomic E-state index is 11.1. The first-order chi connectivity index (χ1) is 14.5. The van der Waals surface area contributed by atoms with Crippen molar-refractivity contribution in [3.05, 3.63) is 35.5 Å². The predicted molar refractivity (Wildman–Crippen MR) is 118 cm³/mol. The van der Waals surface area contributed by atoms with Gasteiger partial charge in [-0.3, -0.25) is 4.90 Å². The van der Waals surface area contributed by atoms with Crippen molar-refractivity contribution in [3.63, 3.8) is 0 Å². The van der Waals surface area contributed by atoms with Crippen LogP contribution in [-0.2, 0) is 11.2 Å². The molecule has 2 aromatic rings. The third-order valence-electron chi connectivity index (χ3n) is 6.07. The molecular weight excluding hydrogens is 380 g/mol. The lowest BCUT2D eigenvalue weighted by molar-refractivity contribution is 0.0982. The average molecular weight is 411 g/mol. The van der Waals surface area contributed by atoms with Crippen molar-refractivity contribution in [2.24, 2.45) is 5.73 Å². The number of hydrogen-bond acceptors (Lipinski definition) is 6. The first-order valence-corrected chi connectivity index (χ1v) is 10.6. The number of benzene rings is 1. The molecule has 0 unspecified atom stereocenters. The second-order valence-corrected chi connectivity index (χ2v) is 7.97. The van der Waals surface area contributed by atoms with Crippen molar-refractivity contribution in [2.75, 3.05) is 43.1 Å². The van der Waals surface area contributed by atoms with Crippen LogP contribution in [0.25, 0.3) is 11.4 Å². The van der Waals surface area contributed by atoms with Gasteiger partial charge in [0.05, 0.1) is 24.9 Å². The van der Waals surface area contributed by atoms with Gasteiger partial charge in [0.2, 0.25) is 0 Å². The number of fused-ring (bicyclic) bond motifs is 1. The summed E-state index contributed by atoms with van der Waals surface area (Å²) >= 11 is 0. The van der Waals surface area contributed by atoms with Crippen molar-refractivity contribution >= 4 is 17.5 Å². The fraction of sp³-hybridized carbons (Fsp3) is 0.500. The topological polar surface area (TPSA) is 96.6 Å². The van der Waals surface area contributed by atoms with Gasteiger partial charge in [-0.15, -0.1) is 0 Å². The Morgan fingerprint density at radius 2 is 2.00 bits per heavy atom. The molecule has 0 spiro atoms. The van der Waals surface area contributed by atoms with E-state index in [1.165, 1.54) is 5.56 Å². The summed E-state index contributed by atoms with van der Waals surface area (Å²) in [4.78, 5) is 26.0. The lowest BCUT2D eigenvalue weighted by Crippen LogP contribution is -2.45. The molecule has 8 nitrogen and oxygen atoms in total. The van der Waals surface area contributed by atoms with Crippen molar-refractivity contribution in [1.29, 1.82) is 0 Å². The number of anilines is 2. The van der Waals surface area contributed by atoms with E-state index in [0.29, 0.717) is 24.7 Å². The van der Waals surface area contributed by atoms with Crippen LogP contribution in [0.1, 0.15) is 38.1 Å². The molecule has 2 aliphatic rings. The van der Waals surface area contributed by atoms with Gasteiger partial charge in [-0.2, -0.15) is 0 Å². The summed E-state index contributed by atoms with van der Waals surface area (Å²) in [6.07, 6.45) is 0.953. The van der Waals surface area contributed by atoms with E-state index in [4.69, 9.17) is 20.4 Å². The van der Waals surface area contributed by atoms with Crippen LogP contribution in [0.4, 0.5) is 16.3 Å². The minimum Gasteiger partial charge on any atom is -0.377 e. The lowest BCUT2D eigenvalue weighted by atomic mass is 9.97. The Bertz CT molecular complexity index is 917. The molecule has 8 heteroatoms. The minimum absolute atomic E-state index is 0.242. The van der Waals surface area contributed by atoms with Crippen LogP contribution in [0.5, 0.6) is 0 Å². The highest BCUT2D eigenvalue weighted by molar-refractivity contribution is 5.88. The highest BCUT2D eigenvalue weighted by atomic mass is 16.5. The van der Waals surface area contributed by atoms with Gasteiger partial charge in [0.25, 0.3) is 0 Å². The molecule has 1 saturated heterocycles. The SMILES string of the molecule is CCN1CCc2c(nc(-c3ccc(NC(N)=O)cc3)nc2N2CCOC[C@@H]2C)[C@@H]1C. The van der Waals surface area contributed by atoms with Crippen LogP contribution in [-0.4, -0.2) is 59.8 Å². The fourth-order valence-electron chi connectivity index (χ4n) is 4.38. The van der Waals surface area contributed by atoms with Crippen molar-refractivity contribution in [1.82, 2.24) is 14.9 Å². The smallest absolute Gasteiger partial charge is 0.316 e. The van der Waals surface area contributed by atoms with Gasteiger partial charge in [-0.1, -0.05) is 6.92 Å². The number of hydrogen-bond donors (Lipinski definition) is 2. The van der Waals surface area contributed by atoms with E-state index in [1.807, 2.05) is 24.3 Å². The average Bonchev–Trinajstić information content (AvgIpc) is 2.74. The second kappa shape index (κ2) is 8.57. The summed E-state index contributed by atoms with van der Waals surface area (Å²) in [5, 5.41) is 2.59. The number of amides is 2. The number of urea groups is 1. The summed E-state index contributed by atoms with van der Waals surface area (Å²) in [6, 6.07) is 7.42. The van der Waals surface area contributed by atoms with E-state index in [2.05, 4.69) is 35.9 Å². The third kappa shape index (κ3) is 3.97. The molecule has 3 N–H and O–H groups in total. The zero-order valence-corrected chi connectivity index (χ0v) is 17.9. The summed E-state index contributed by atoms with van der Waals surface area (Å²) < 4.78 is 5.65. The van der Waals surface area contributed by atoms with Crippen molar-refractivity contribution < 1.29 is 9.53 Å². The molecule has 2 amide bonds. The molecule has 1 aromatic heterocycles. The molecule has 4 rings (SSSR count). The molecule has 30 heavy (non-hydrogen) atoms. The molecule has 0 aliphatic carbocycles. The Morgan fingerprint density at radius 1 is 1.23 bits per heavy atom. The third-order valence-corrected chi connectivity index (χ3v) is 6.07. The Morgan fingerprint density at radius 3 is 2.67 bits per heavy atom. The van der Waals surface area contributed by atoms with Crippen molar-refractivity contribution in [2.45, 2.75) is 39.3 Å². The minimum atomic E-state index is -0.579. The molecule has 0 bridgehead atoms. The molecule has 0 saturated carbocycles. The number of likely N-dealkylation sites (N-methyl/N-ethyl adjacent to an activating group) is 1. The molecule has 160 valence electrons. The fourth-order valence-corrected chi connectivity index (χ4v) is 4.38.